The third-order valence-electron chi connectivity index (χ3n) is 4.95. The lowest BCUT2D eigenvalue weighted by Gasteiger charge is -2.15. The Bertz CT molecular complexity index is 1150. The van der Waals surface area contributed by atoms with E-state index in [9.17, 15) is 17.6 Å². The fourth-order valence-electron chi connectivity index (χ4n) is 3.28. The minimum absolute atomic E-state index is 0.0382. The summed E-state index contributed by atoms with van der Waals surface area (Å²) in [4.78, 5) is 12.4. The molecule has 0 N–H and O–H groups in total. The average molecular weight is 400 g/mol. The van der Waals surface area contributed by atoms with Crippen molar-refractivity contribution in [3.05, 3.63) is 76.6 Å². The summed E-state index contributed by atoms with van der Waals surface area (Å²) >= 11 is 0. The topological polar surface area (TPSA) is 60.4 Å². The molecule has 4 nitrogen and oxygen atoms in total. The van der Waals surface area contributed by atoms with E-state index >= 15 is 0 Å². The molecule has 28 heavy (non-hydrogen) atoms. The highest BCUT2D eigenvalue weighted by Crippen LogP contribution is 2.29. The minimum Gasteiger partial charge on any atom is -0.465 e. The van der Waals surface area contributed by atoms with E-state index in [0.717, 1.165) is 27.5 Å². The van der Waals surface area contributed by atoms with Gasteiger partial charge in [-0.15, -0.1) is 0 Å². The summed E-state index contributed by atoms with van der Waals surface area (Å²) in [5.41, 5.74) is 2.83. The van der Waals surface area contributed by atoms with Crippen LogP contribution in [0, 0.1) is 12.7 Å². The Balaban J connectivity index is 2.12. The Morgan fingerprint density at radius 2 is 1.75 bits per heavy atom. The van der Waals surface area contributed by atoms with Gasteiger partial charge in [0.25, 0.3) is 0 Å². The predicted molar refractivity (Wildman–Crippen MR) is 107 cm³/mol. The number of halogens is 1. The van der Waals surface area contributed by atoms with Crippen molar-refractivity contribution in [1.29, 1.82) is 0 Å². The summed E-state index contributed by atoms with van der Waals surface area (Å²) in [5, 5.41) is 1.46. The zero-order valence-electron chi connectivity index (χ0n) is 16.0. The molecule has 0 unspecified atom stereocenters. The van der Waals surface area contributed by atoms with Gasteiger partial charge < -0.3 is 4.74 Å². The van der Waals surface area contributed by atoms with Crippen LogP contribution in [-0.4, -0.2) is 27.2 Å². The fraction of sp³-hybridized carbons (Fsp3) is 0.227. The number of carbonyl (C=O) groups excluding carboxylic acids is 1. The van der Waals surface area contributed by atoms with Gasteiger partial charge in [0.15, 0.2) is 9.84 Å². The maximum Gasteiger partial charge on any atom is 0.338 e. The maximum absolute atomic E-state index is 13.9. The number of carbonyl (C=O) groups is 1. The molecule has 3 rings (SSSR count). The van der Waals surface area contributed by atoms with Gasteiger partial charge in [0.2, 0.25) is 0 Å². The molecule has 0 aliphatic carbocycles. The molecular formula is C22H21FO4S. The minimum atomic E-state index is -3.27. The van der Waals surface area contributed by atoms with Crippen molar-refractivity contribution in [3.63, 3.8) is 0 Å². The Hall–Kier alpha value is -2.73. The van der Waals surface area contributed by atoms with Crippen LogP contribution in [0.3, 0.4) is 0 Å². The van der Waals surface area contributed by atoms with E-state index in [4.69, 9.17) is 4.74 Å². The molecule has 0 amide bonds. The van der Waals surface area contributed by atoms with Crippen LogP contribution in [0.5, 0.6) is 0 Å². The number of rotatable bonds is 5. The number of methoxy groups -OCH3 is 1. The van der Waals surface area contributed by atoms with Gasteiger partial charge in [-0.2, -0.15) is 0 Å². The molecule has 146 valence electrons. The molecule has 0 spiro atoms. The molecule has 3 aromatic carbocycles. The maximum atomic E-state index is 13.9. The van der Waals surface area contributed by atoms with E-state index in [2.05, 4.69) is 0 Å². The number of ether oxygens (including phenoxy) is 1. The number of esters is 1. The standard InChI is InChI=1S/C22H21FO4S/c1-4-28(25,26)18-9-5-15(6-10-18)11-19-14(2)20(22(24)27-3)12-16-7-8-17(23)13-21(16)19/h5-10,12-13H,4,11H2,1-3H3. The van der Waals surface area contributed by atoms with Gasteiger partial charge in [-0.1, -0.05) is 25.1 Å². The second kappa shape index (κ2) is 7.72. The van der Waals surface area contributed by atoms with Gasteiger partial charge >= 0.3 is 5.97 Å². The molecule has 0 aliphatic heterocycles. The molecule has 0 bridgehead atoms. The molecule has 0 atom stereocenters. The first kappa shape index (κ1) is 20.0. The zero-order chi connectivity index (χ0) is 20.5. The van der Waals surface area contributed by atoms with Crippen molar-refractivity contribution in [2.24, 2.45) is 0 Å². The van der Waals surface area contributed by atoms with E-state index in [-0.39, 0.29) is 16.5 Å². The normalized spacial score (nSPS) is 11.6. The largest absolute Gasteiger partial charge is 0.465 e. The highest BCUT2D eigenvalue weighted by Gasteiger charge is 2.17. The molecule has 0 saturated heterocycles. The van der Waals surface area contributed by atoms with Crippen molar-refractivity contribution >= 4 is 26.6 Å². The molecule has 0 heterocycles. The number of benzene rings is 3. The molecular weight excluding hydrogens is 379 g/mol. The lowest BCUT2D eigenvalue weighted by Crippen LogP contribution is -2.07. The molecule has 0 saturated carbocycles. The molecule has 3 aromatic rings. The van der Waals surface area contributed by atoms with E-state index in [1.165, 1.54) is 19.2 Å². The zero-order valence-corrected chi connectivity index (χ0v) is 16.8. The van der Waals surface area contributed by atoms with Crippen molar-refractivity contribution in [3.8, 4) is 0 Å². The quantitative estimate of drug-likeness (QED) is 0.594. The first-order valence-electron chi connectivity index (χ1n) is 8.88. The summed E-state index contributed by atoms with van der Waals surface area (Å²) < 4.78 is 42.8. The van der Waals surface area contributed by atoms with Crippen molar-refractivity contribution in [1.82, 2.24) is 0 Å². The summed E-state index contributed by atoms with van der Waals surface area (Å²) in [6, 6.07) is 12.8. The average Bonchev–Trinajstić information content (AvgIpc) is 2.70. The fourth-order valence-corrected chi connectivity index (χ4v) is 4.16. The van der Waals surface area contributed by atoms with Crippen LogP contribution < -0.4 is 0 Å². The second-order valence-corrected chi connectivity index (χ2v) is 8.89. The molecule has 6 heteroatoms. The Morgan fingerprint density at radius 3 is 2.36 bits per heavy atom. The van der Waals surface area contributed by atoms with Gasteiger partial charge in [-0.25, -0.2) is 17.6 Å². The smallest absolute Gasteiger partial charge is 0.338 e. The number of sulfone groups is 1. The van der Waals surface area contributed by atoms with Crippen molar-refractivity contribution in [2.45, 2.75) is 25.2 Å². The lowest BCUT2D eigenvalue weighted by atomic mass is 9.91. The van der Waals surface area contributed by atoms with Crippen LogP contribution in [0.4, 0.5) is 4.39 Å². The second-order valence-electron chi connectivity index (χ2n) is 6.61. The van der Waals surface area contributed by atoms with Crippen LogP contribution in [0.15, 0.2) is 53.4 Å². The highest BCUT2D eigenvalue weighted by molar-refractivity contribution is 7.91. The van der Waals surface area contributed by atoms with Gasteiger partial charge in [0.1, 0.15) is 5.82 Å². The first-order valence-corrected chi connectivity index (χ1v) is 10.5. The third-order valence-corrected chi connectivity index (χ3v) is 6.70. The van der Waals surface area contributed by atoms with Crippen LogP contribution in [0.2, 0.25) is 0 Å². The summed E-state index contributed by atoms with van der Waals surface area (Å²) in [5.74, 6) is -0.769. The molecule has 0 radical (unpaired) electrons. The van der Waals surface area contributed by atoms with E-state index in [0.29, 0.717) is 12.0 Å². The van der Waals surface area contributed by atoms with E-state index in [1.807, 2.05) is 6.92 Å². The van der Waals surface area contributed by atoms with E-state index in [1.54, 1.807) is 43.3 Å². The number of fused-ring (bicyclic) bond motifs is 1. The molecule has 0 fully saturated rings. The van der Waals surface area contributed by atoms with Crippen molar-refractivity contribution in [2.75, 3.05) is 12.9 Å². The van der Waals surface area contributed by atoms with E-state index < -0.39 is 15.8 Å². The Labute approximate surface area is 163 Å². The van der Waals surface area contributed by atoms with Crippen LogP contribution >= 0.6 is 0 Å². The number of hydrogen-bond acceptors (Lipinski definition) is 4. The molecule has 0 aliphatic rings. The SMILES string of the molecule is CCS(=O)(=O)c1ccc(Cc2c(C)c(C(=O)OC)cc3ccc(F)cc23)cc1. The first-order chi connectivity index (χ1) is 13.3. The van der Waals surface area contributed by atoms with Gasteiger partial charge in [0.05, 0.1) is 23.3 Å². The lowest BCUT2D eigenvalue weighted by molar-refractivity contribution is 0.0600. The summed E-state index contributed by atoms with van der Waals surface area (Å²) in [6.45, 7) is 3.41. The molecule has 0 aromatic heterocycles. The van der Waals surface area contributed by atoms with Crippen LogP contribution in [0.25, 0.3) is 10.8 Å². The van der Waals surface area contributed by atoms with Crippen LogP contribution in [0.1, 0.15) is 34.0 Å². The van der Waals surface area contributed by atoms with Gasteiger partial charge in [-0.05, 0) is 71.1 Å². The summed E-state index contributed by atoms with van der Waals surface area (Å²) in [7, 11) is -1.95. The van der Waals surface area contributed by atoms with Gasteiger partial charge in [-0.3, -0.25) is 0 Å². The third kappa shape index (κ3) is 3.78. The van der Waals surface area contributed by atoms with Crippen LogP contribution in [-0.2, 0) is 21.0 Å². The summed E-state index contributed by atoms with van der Waals surface area (Å²) in [6.07, 6.45) is 0.434. The Kier molecular flexibility index (Phi) is 5.52. The monoisotopic (exact) mass is 400 g/mol. The highest BCUT2D eigenvalue weighted by atomic mass is 32.2. The van der Waals surface area contributed by atoms with Gasteiger partial charge in [0, 0.05) is 0 Å². The van der Waals surface area contributed by atoms with Crippen molar-refractivity contribution < 1.29 is 22.3 Å². The predicted octanol–water partition coefficient (Wildman–Crippen LogP) is 4.46. The number of hydrogen-bond donors (Lipinski definition) is 0. The Morgan fingerprint density at radius 1 is 1.07 bits per heavy atom.